The van der Waals surface area contributed by atoms with Crippen LogP contribution in [0.3, 0.4) is 0 Å². The highest BCUT2D eigenvalue weighted by atomic mass is 35.5. The predicted octanol–water partition coefficient (Wildman–Crippen LogP) is 5.33. The highest BCUT2D eigenvalue weighted by molar-refractivity contribution is 8.10. The van der Waals surface area contributed by atoms with E-state index >= 15 is 0 Å². The first-order chi connectivity index (χ1) is 7.54. The Morgan fingerprint density at radius 3 is 2.81 bits per heavy atom. The first-order valence-corrected chi connectivity index (χ1v) is 6.36. The van der Waals surface area contributed by atoms with Crippen LogP contribution in [0.5, 0.6) is 0 Å². The van der Waals surface area contributed by atoms with E-state index in [4.69, 9.17) is 23.2 Å². The lowest BCUT2D eigenvalue weighted by Gasteiger charge is -2.04. The second-order valence-corrected chi connectivity index (χ2v) is 4.91. The fraction of sp³-hybridized carbons (Fsp3) is 0.167. The van der Waals surface area contributed by atoms with Crippen molar-refractivity contribution < 1.29 is 4.39 Å². The summed E-state index contributed by atoms with van der Waals surface area (Å²) in [5, 5.41) is 2.03. The summed E-state index contributed by atoms with van der Waals surface area (Å²) in [6.07, 6.45) is 0. The van der Waals surface area contributed by atoms with E-state index in [1.165, 1.54) is 17.8 Å². The molecule has 0 heterocycles. The maximum absolute atomic E-state index is 12.9. The van der Waals surface area contributed by atoms with Crippen LogP contribution in [0.15, 0.2) is 35.8 Å². The molecule has 0 radical (unpaired) electrons. The fourth-order valence-corrected chi connectivity index (χ4v) is 1.98. The van der Waals surface area contributed by atoms with E-state index in [1.807, 2.05) is 12.3 Å². The lowest BCUT2D eigenvalue weighted by Crippen LogP contribution is -1.82. The maximum atomic E-state index is 12.9. The van der Waals surface area contributed by atoms with E-state index in [9.17, 15) is 4.39 Å². The summed E-state index contributed by atoms with van der Waals surface area (Å²) < 4.78 is 12.9. The molecule has 86 valence electrons. The molecule has 16 heavy (non-hydrogen) atoms. The molecule has 0 spiro atoms. The highest BCUT2D eigenvalue weighted by Crippen LogP contribution is 2.30. The average Bonchev–Trinajstić information content (AvgIpc) is 2.29. The molecule has 0 saturated carbocycles. The zero-order valence-electron chi connectivity index (χ0n) is 8.77. The van der Waals surface area contributed by atoms with Gasteiger partial charge in [0, 0.05) is 10.8 Å². The largest absolute Gasteiger partial charge is 0.205 e. The van der Waals surface area contributed by atoms with Crippen molar-refractivity contribution in [3.05, 3.63) is 52.2 Å². The summed E-state index contributed by atoms with van der Waals surface area (Å²) in [4.78, 5) is 0.811. The number of hydrogen-bond donors (Lipinski definition) is 0. The molecule has 0 fully saturated rings. The normalized spacial score (nSPS) is 11.6. The van der Waals surface area contributed by atoms with Crippen LogP contribution in [0.1, 0.15) is 12.5 Å². The molecule has 0 N–H and O–H groups in total. The molecule has 1 aromatic carbocycles. The van der Waals surface area contributed by atoms with Crippen LogP contribution in [0.25, 0.3) is 4.91 Å². The van der Waals surface area contributed by atoms with E-state index in [-0.39, 0.29) is 5.02 Å². The Kier molecular flexibility index (Phi) is 5.39. The molecule has 0 unspecified atom stereocenters. The summed E-state index contributed by atoms with van der Waals surface area (Å²) in [5.74, 6) is 0.0699. The fourth-order valence-electron chi connectivity index (χ4n) is 0.941. The van der Waals surface area contributed by atoms with Gasteiger partial charge in [-0.1, -0.05) is 41.6 Å². The molecule has 0 saturated heterocycles. The van der Waals surface area contributed by atoms with Crippen LogP contribution in [0, 0.1) is 5.82 Å². The number of rotatable bonds is 4. The molecule has 0 aliphatic carbocycles. The number of thioether (sulfide) groups is 1. The zero-order chi connectivity index (χ0) is 12.1. The molecule has 1 rings (SSSR count). The minimum atomic E-state index is -0.421. The Bertz CT molecular complexity index is 427. The van der Waals surface area contributed by atoms with Crippen LogP contribution < -0.4 is 0 Å². The molecule has 0 aromatic heterocycles. The van der Waals surface area contributed by atoms with Gasteiger partial charge in [0.25, 0.3) is 0 Å². The standard InChI is InChI=1S/C12H11Cl2FS/c1-8(6-13)7-16-9(2)10-3-4-12(15)11(14)5-10/h3-5,7H,2,6H2,1H3/b8-7+. The molecule has 0 atom stereocenters. The molecule has 0 aliphatic rings. The van der Waals surface area contributed by atoms with Gasteiger partial charge in [-0.3, -0.25) is 0 Å². The number of hydrogen-bond acceptors (Lipinski definition) is 1. The van der Waals surface area contributed by atoms with Crippen molar-refractivity contribution in [2.45, 2.75) is 6.92 Å². The van der Waals surface area contributed by atoms with Crippen LogP contribution >= 0.6 is 35.0 Å². The molecule has 0 bridgehead atoms. The SMILES string of the molecule is C=C(S/C=C(\C)CCl)c1ccc(F)c(Cl)c1. The van der Waals surface area contributed by atoms with Crippen LogP contribution in [0.2, 0.25) is 5.02 Å². The van der Waals surface area contributed by atoms with Gasteiger partial charge in [0.05, 0.1) is 5.02 Å². The Morgan fingerprint density at radius 1 is 1.56 bits per heavy atom. The monoisotopic (exact) mass is 276 g/mol. The van der Waals surface area contributed by atoms with Gasteiger partial charge in [-0.15, -0.1) is 11.6 Å². The van der Waals surface area contributed by atoms with Crippen molar-refractivity contribution in [2.24, 2.45) is 0 Å². The van der Waals surface area contributed by atoms with Crippen molar-refractivity contribution in [3.8, 4) is 0 Å². The topological polar surface area (TPSA) is 0 Å². The van der Waals surface area contributed by atoms with Gasteiger partial charge >= 0.3 is 0 Å². The second-order valence-electron chi connectivity index (χ2n) is 3.27. The summed E-state index contributed by atoms with van der Waals surface area (Å²) in [7, 11) is 0. The van der Waals surface area contributed by atoms with Crippen LogP contribution in [0.4, 0.5) is 4.39 Å². The van der Waals surface area contributed by atoms with E-state index in [0.717, 1.165) is 16.0 Å². The van der Waals surface area contributed by atoms with E-state index in [1.54, 1.807) is 12.1 Å². The van der Waals surface area contributed by atoms with Crippen molar-refractivity contribution in [2.75, 3.05) is 5.88 Å². The molecule has 1 aromatic rings. The zero-order valence-corrected chi connectivity index (χ0v) is 11.1. The number of halogens is 3. The third kappa shape index (κ3) is 3.85. The van der Waals surface area contributed by atoms with E-state index in [0.29, 0.717) is 5.88 Å². The summed E-state index contributed by atoms with van der Waals surface area (Å²) >= 11 is 12.8. The van der Waals surface area contributed by atoms with Crippen LogP contribution in [-0.4, -0.2) is 5.88 Å². The Labute approximate surface area is 109 Å². The van der Waals surface area contributed by atoms with Gasteiger partial charge in [0.1, 0.15) is 5.82 Å². The van der Waals surface area contributed by atoms with Gasteiger partial charge in [-0.25, -0.2) is 4.39 Å². The summed E-state index contributed by atoms with van der Waals surface area (Å²) in [6, 6.07) is 4.55. The van der Waals surface area contributed by atoms with Crippen LogP contribution in [-0.2, 0) is 0 Å². The molecule has 4 heteroatoms. The minimum absolute atomic E-state index is 0.109. The molecule has 0 nitrogen and oxygen atoms in total. The van der Waals surface area contributed by atoms with E-state index in [2.05, 4.69) is 6.58 Å². The third-order valence-corrected chi connectivity index (χ3v) is 3.61. The number of alkyl halides is 1. The maximum Gasteiger partial charge on any atom is 0.141 e. The lowest BCUT2D eigenvalue weighted by atomic mass is 10.2. The van der Waals surface area contributed by atoms with Gasteiger partial charge in [-0.05, 0) is 30.0 Å². The van der Waals surface area contributed by atoms with Gasteiger partial charge < -0.3 is 0 Å². The molecule has 0 aliphatic heterocycles. The van der Waals surface area contributed by atoms with Gasteiger partial charge in [0.2, 0.25) is 0 Å². The van der Waals surface area contributed by atoms with E-state index < -0.39 is 5.82 Å². The van der Waals surface area contributed by atoms with Gasteiger partial charge in [0.15, 0.2) is 0 Å². The third-order valence-electron chi connectivity index (χ3n) is 1.85. The lowest BCUT2D eigenvalue weighted by molar-refractivity contribution is 0.628. The summed E-state index contributed by atoms with van der Waals surface area (Å²) in [6.45, 7) is 5.83. The quantitative estimate of drug-likeness (QED) is 0.671. The van der Waals surface area contributed by atoms with Gasteiger partial charge in [-0.2, -0.15) is 0 Å². The molecule has 0 amide bonds. The van der Waals surface area contributed by atoms with Crippen molar-refractivity contribution in [1.29, 1.82) is 0 Å². The average molecular weight is 277 g/mol. The minimum Gasteiger partial charge on any atom is -0.205 e. The Balaban J connectivity index is 2.77. The Morgan fingerprint density at radius 2 is 2.25 bits per heavy atom. The Hall–Kier alpha value is -0.440. The first-order valence-electron chi connectivity index (χ1n) is 4.57. The van der Waals surface area contributed by atoms with Crippen molar-refractivity contribution in [1.82, 2.24) is 0 Å². The second kappa shape index (κ2) is 6.33. The number of allylic oxidation sites excluding steroid dienone is 1. The molecular weight excluding hydrogens is 266 g/mol. The highest BCUT2D eigenvalue weighted by Gasteiger charge is 2.03. The number of benzene rings is 1. The smallest absolute Gasteiger partial charge is 0.141 e. The predicted molar refractivity (Wildman–Crippen MR) is 72.5 cm³/mol. The first kappa shape index (κ1) is 13.6. The van der Waals surface area contributed by atoms with Crippen molar-refractivity contribution >= 4 is 39.9 Å². The molecular formula is C12H11Cl2FS. The van der Waals surface area contributed by atoms with Crippen molar-refractivity contribution in [3.63, 3.8) is 0 Å². The summed E-state index contributed by atoms with van der Waals surface area (Å²) in [5.41, 5.74) is 1.87.